The molecule has 8 heteroatoms. The van der Waals surface area contributed by atoms with E-state index in [0.717, 1.165) is 24.8 Å². The highest BCUT2D eigenvalue weighted by molar-refractivity contribution is 5.97. The molecule has 1 N–H and O–H groups in total. The fraction of sp³-hybridized carbons (Fsp3) is 0.481. The van der Waals surface area contributed by atoms with Crippen molar-refractivity contribution in [3.05, 3.63) is 46.6 Å². The fourth-order valence-corrected chi connectivity index (χ4v) is 4.50. The Morgan fingerprint density at radius 2 is 1.77 bits per heavy atom. The van der Waals surface area contributed by atoms with E-state index in [9.17, 15) is 24.3 Å². The lowest BCUT2D eigenvalue weighted by molar-refractivity contribution is -0.134. The summed E-state index contributed by atoms with van der Waals surface area (Å²) >= 11 is 0. The van der Waals surface area contributed by atoms with Gasteiger partial charge in [0.05, 0.1) is 7.11 Å². The Morgan fingerprint density at radius 1 is 1.11 bits per heavy atom. The molecule has 8 nitrogen and oxygen atoms in total. The molecule has 0 saturated carbocycles. The summed E-state index contributed by atoms with van der Waals surface area (Å²) in [5.74, 6) is -4.33. The van der Waals surface area contributed by atoms with Crippen LogP contribution in [-0.4, -0.2) is 36.1 Å². The average molecular weight is 487 g/mol. The van der Waals surface area contributed by atoms with Crippen LogP contribution in [0.5, 0.6) is 11.5 Å². The zero-order valence-corrected chi connectivity index (χ0v) is 21.1. The maximum atomic E-state index is 13.0. The van der Waals surface area contributed by atoms with Crippen LogP contribution in [0.4, 0.5) is 0 Å². The number of carbonyl (C=O) groups excluding carboxylic acids is 3. The standard InChI is InChI=1S/C27H34O8/c1-7-8-9-10-19-14-22(34-17(4)28)24(25(35-18(5)29)23(19)27(32)33-6)21-13-15(2)11-12-20(21)16(3)26(30)31/h13-14,20-21H,3,7-12H2,1-2,4-6H3,(H,30,31)/t20-,21-/m1/s1. The third kappa shape index (κ3) is 6.81. The summed E-state index contributed by atoms with van der Waals surface area (Å²) in [4.78, 5) is 49.1. The van der Waals surface area contributed by atoms with Crippen molar-refractivity contribution in [2.45, 2.75) is 72.1 Å². The van der Waals surface area contributed by atoms with Crippen LogP contribution in [0.15, 0.2) is 29.9 Å². The van der Waals surface area contributed by atoms with Gasteiger partial charge in [0.1, 0.15) is 11.3 Å². The van der Waals surface area contributed by atoms with E-state index in [2.05, 4.69) is 6.58 Å². The molecule has 1 aromatic rings. The molecule has 1 aromatic carbocycles. The number of aryl methyl sites for hydroxylation is 1. The molecule has 2 atom stereocenters. The second kappa shape index (κ2) is 12.3. The van der Waals surface area contributed by atoms with Gasteiger partial charge in [-0.1, -0.05) is 38.0 Å². The molecule has 1 aliphatic rings. The van der Waals surface area contributed by atoms with Crippen molar-refractivity contribution in [3.8, 4) is 11.5 Å². The van der Waals surface area contributed by atoms with Crippen molar-refractivity contribution in [1.82, 2.24) is 0 Å². The number of carbonyl (C=O) groups is 4. The summed E-state index contributed by atoms with van der Waals surface area (Å²) in [5, 5.41) is 9.67. The van der Waals surface area contributed by atoms with Crippen LogP contribution >= 0.6 is 0 Å². The second-order valence-corrected chi connectivity index (χ2v) is 8.80. The van der Waals surface area contributed by atoms with Crippen molar-refractivity contribution in [1.29, 1.82) is 0 Å². The minimum Gasteiger partial charge on any atom is -0.478 e. The van der Waals surface area contributed by atoms with Crippen LogP contribution in [-0.2, 0) is 25.5 Å². The van der Waals surface area contributed by atoms with Gasteiger partial charge in [0.2, 0.25) is 0 Å². The number of hydrogen-bond donors (Lipinski definition) is 1. The van der Waals surface area contributed by atoms with Crippen molar-refractivity contribution in [2.24, 2.45) is 5.92 Å². The normalized spacial score (nSPS) is 17.2. The molecule has 35 heavy (non-hydrogen) atoms. The van der Waals surface area contributed by atoms with Crippen LogP contribution in [0.1, 0.15) is 87.2 Å². The summed E-state index contributed by atoms with van der Waals surface area (Å²) < 4.78 is 16.2. The van der Waals surface area contributed by atoms with E-state index in [1.54, 1.807) is 6.07 Å². The third-order valence-corrected chi connectivity index (χ3v) is 6.11. The first-order valence-corrected chi connectivity index (χ1v) is 11.8. The topological polar surface area (TPSA) is 116 Å². The lowest BCUT2D eigenvalue weighted by Crippen LogP contribution is -2.25. The summed E-state index contributed by atoms with van der Waals surface area (Å²) in [5.41, 5.74) is 1.81. The molecule has 0 bridgehead atoms. The van der Waals surface area contributed by atoms with Gasteiger partial charge in [-0.25, -0.2) is 9.59 Å². The third-order valence-electron chi connectivity index (χ3n) is 6.11. The number of benzene rings is 1. The first kappa shape index (κ1) is 27.8. The summed E-state index contributed by atoms with van der Waals surface area (Å²) in [6.07, 6.45) is 6.05. The van der Waals surface area contributed by atoms with Crippen LogP contribution in [0, 0.1) is 5.92 Å². The number of methoxy groups -OCH3 is 1. The first-order valence-electron chi connectivity index (χ1n) is 11.8. The number of rotatable bonds is 10. The van der Waals surface area contributed by atoms with Crippen molar-refractivity contribution in [3.63, 3.8) is 0 Å². The zero-order chi connectivity index (χ0) is 26.3. The predicted octanol–water partition coefficient (Wildman–Crippen LogP) is 5.14. The molecule has 0 radical (unpaired) electrons. The van der Waals surface area contributed by atoms with E-state index >= 15 is 0 Å². The Hall–Kier alpha value is -3.42. The Balaban J connectivity index is 2.95. The number of unbranched alkanes of at least 4 members (excludes halogenated alkanes) is 2. The number of carboxylic acids is 1. The van der Waals surface area contributed by atoms with Gasteiger partial charge in [-0.15, -0.1) is 0 Å². The highest BCUT2D eigenvalue weighted by Gasteiger charge is 2.37. The zero-order valence-electron chi connectivity index (χ0n) is 21.1. The Kier molecular flexibility index (Phi) is 9.80. The lowest BCUT2D eigenvalue weighted by atomic mass is 9.72. The van der Waals surface area contributed by atoms with Gasteiger partial charge >= 0.3 is 23.9 Å². The molecule has 0 saturated heterocycles. The van der Waals surface area contributed by atoms with Crippen molar-refractivity contribution < 1.29 is 38.5 Å². The van der Waals surface area contributed by atoms with Crippen LogP contribution < -0.4 is 9.47 Å². The van der Waals surface area contributed by atoms with Gasteiger partial charge < -0.3 is 19.3 Å². The van der Waals surface area contributed by atoms with Gasteiger partial charge in [0.25, 0.3) is 0 Å². The van der Waals surface area contributed by atoms with Gasteiger partial charge in [0, 0.05) is 36.8 Å². The average Bonchev–Trinajstić information content (AvgIpc) is 2.77. The molecule has 0 unspecified atom stereocenters. The van der Waals surface area contributed by atoms with E-state index < -0.39 is 35.7 Å². The molecule has 0 aliphatic heterocycles. The van der Waals surface area contributed by atoms with E-state index in [4.69, 9.17) is 14.2 Å². The van der Waals surface area contributed by atoms with Crippen molar-refractivity contribution in [2.75, 3.05) is 7.11 Å². The highest BCUT2D eigenvalue weighted by Crippen LogP contribution is 2.49. The molecule has 190 valence electrons. The Bertz CT molecular complexity index is 1050. The van der Waals surface area contributed by atoms with E-state index in [0.29, 0.717) is 24.8 Å². The smallest absolute Gasteiger partial charge is 0.341 e. The number of aliphatic carboxylic acids is 1. The van der Waals surface area contributed by atoms with E-state index in [1.165, 1.54) is 21.0 Å². The summed E-state index contributed by atoms with van der Waals surface area (Å²) in [6.45, 7) is 10.2. The first-order chi connectivity index (χ1) is 16.5. The molecule has 0 spiro atoms. The summed E-state index contributed by atoms with van der Waals surface area (Å²) in [7, 11) is 1.23. The lowest BCUT2D eigenvalue weighted by Gasteiger charge is -2.33. The molecule has 0 aromatic heterocycles. The molecule has 1 aliphatic carbocycles. The van der Waals surface area contributed by atoms with Gasteiger partial charge in [-0.2, -0.15) is 0 Å². The van der Waals surface area contributed by atoms with E-state index in [-0.39, 0.29) is 28.2 Å². The van der Waals surface area contributed by atoms with Gasteiger partial charge in [-0.05, 0) is 44.2 Å². The fourth-order valence-electron chi connectivity index (χ4n) is 4.50. The van der Waals surface area contributed by atoms with Crippen LogP contribution in [0.2, 0.25) is 0 Å². The van der Waals surface area contributed by atoms with Crippen LogP contribution in [0.25, 0.3) is 0 Å². The minimum atomic E-state index is -1.15. The number of hydrogen-bond acceptors (Lipinski definition) is 7. The largest absolute Gasteiger partial charge is 0.478 e. The number of ether oxygens (including phenoxy) is 3. The van der Waals surface area contributed by atoms with Crippen LogP contribution in [0.3, 0.4) is 0 Å². The maximum Gasteiger partial charge on any atom is 0.341 e. The second-order valence-electron chi connectivity index (χ2n) is 8.80. The molecular formula is C27H34O8. The highest BCUT2D eigenvalue weighted by atomic mass is 16.6. The quantitative estimate of drug-likeness (QED) is 0.159. The maximum absolute atomic E-state index is 13.0. The SMILES string of the molecule is C=C(C(=O)O)[C@H]1CCC(C)=C[C@H]1c1c(OC(C)=O)cc(CCCCC)c(C(=O)OC)c1OC(C)=O. The molecule has 0 heterocycles. The Labute approximate surface area is 205 Å². The van der Waals surface area contributed by atoms with E-state index in [1.807, 2.05) is 19.9 Å². The summed E-state index contributed by atoms with van der Waals surface area (Å²) in [6, 6.07) is 1.60. The minimum absolute atomic E-state index is 0.0204. The molecule has 0 fully saturated rings. The number of allylic oxidation sites excluding steroid dienone is 2. The molecule has 0 amide bonds. The molecule has 2 rings (SSSR count). The molecular weight excluding hydrogens is 452 g/mol. The Morgan fingerprint density at radius 3 is 2.31 bits per heavy atom. The van der Waals surface area contributed by atoms with Gasteiger partial charge in [0.15, 0.2) is 5.75 Å². The number of carboxylic acid groups (broad SMARTS) is 1. The number of esters is 3. The van der Waals surface area contributed by atoms with Crippen molar-refractivity contribution >= 4 is 23.9 Å². The predicted molar refractivity (Wildman–Crippen MR) is 130 cm³/mol. The monoisotopic (exact) mass is 486 g/mol. The van der Waals surface area contributed by atoms with Gasteiger partial charge in [-0.3, -0.25) is 9.59 Å².